The van der Waals surface area contributed by atoms with E-state index in [9.17, 15) is 0 Å². The molecule has 29 heavy (non-hydrogen) atoms. The van der Waals surface area contributed by atoms with Gasteiger partial charge in [-0.2, -0.15) is 0 Å². The lowest BCUT2D eigenvalue weighted by Gasteiger charge is -2.16. The zero-order valence-corrected chi connectivity index (χ0v) is 18.6. The van der Waals surface area contributed by atoms with Crippen LogP contribution < -0.4 is 14.8 Å². The summed E-state index contributed by atoms with van der Waals surface area (Å²) in [7, 11) is 0. The van der Waals surface area contributed by atoms with Gasteiger partial charge in [-0.3, -0.25) is 0 Å². The van der Waals surface area contributed by atoms with Crippen molar-refractivity contribution in [3.05, 3.63) is 59.1 Å². The fourth-order valence-corrected chi connectivity index (χ4v) is 2.19. The second kappa shape index (κ2) is 11.0. The molecule has 2 aromatic carbocycles. The van der Waals surface area contributed by atoms with Crippen LogP contribution in [0, 0.1) is 0 Å². The standard InChI is InChI=1S/C22H26Cl2N2O3/c1-16(26-29-22(2,3)4)15-28-20-11-7-18(8-12-20)25-17-5-9-19(10-6-17)27-14-13-21(23)24/h5-13,25H,14-15H2,1-4H3. The van der Waals surface area contributed by atoms with Crippen LogP contribution in [-0.2, 0) is 4.84 Å². The lowest BCUT2D eigenvalue weighted by Crippen LogP contribution is -2.18. The molecule has 0 radical (unpaired) electrons. The van der Waals surface area contributed by atoms with Gasteiger partial charge in [-0.15, -0.1) is 0 Å². The average Bonchev–Trinajstić information content (AvgIpc) is 2.66. The summed E-state index contributed by atoms with van der Waals surface area (Å²) >= 11 is 11.1. The Bertz CT molecular complexity index is 823. The lowest BCUT2D eigenvalue weighted by atomic mass is 10.2. The smallest absolute Gasteiger partial charge is 0.129 e. The monoisotopic (exact) mass is 436 g/mol. The largest absolute Gasteiger partial charge is 0.489 e. The molecule has 0 aliphatic heterocycles. The van der Waals surface area contributed by atoms with E-state index in [1.807, 2.05) is 76.2 Å². The average molecular weight is 437 g/mol. The fourth-order valence-electron chi connectivity index (χ4n) is 2.07. The summed E-state index contributed by atoms with van der Waals surface area (Å²) in [6.45, 7) is 8.41. The molecule has 156 valence electrons. The molecule has 0 fully saturated rings. The lowest BCUT2D eigenvalue weighted by molar-refractivity contribution is 0.0000987. The number of hydrogen-bond acceptors (Lipinski definition) is 5. The topological polar surface area (TPSA) is 52.1 Å². The minimum Gasteiger partial charge on any atom is -0.489 e. The molecule has 0 saturated heterocycles. The first-order valence-electron chi connectivity index (χ1n) is 9.17. The van der Waals surface area contributed by atoms with Crippen molar-refractivity contribution in [3.63, 3.8) is 0 Å². The molecule has 0 aliphatic rings. The molecular formula is C22H26Cl2N2O3. The van der Waals surface area contributed by atoms with Crippen molar-refractivity contribution in [1.82, 2.24) is 0 Å². The quantitative estimate of drug-likeness (QED) is 0.350. The number of ether oxygens (including phenoxy) is 2. The molecule has 0 bridgehead atoms. The Balaban J connectivity index is 1.83. The Labute approximate surface area is 182 Å². The molecule has 2 rings (SSSR count). The molecule has 0 aliphatic carbocycles. The van der Waals surface area contributed by atoms with E-state index >= 15 is 0 Å². The van der Waals surface area contributed by atoms with Crippen LogP contribution in [0.4, 0.5) is 11.4 Å². The summed E-state index contributed by atoms with van der Waals surface area (Å²) in [6, 6.07) is 15.3. The van der Waals surface area contributed by atoms with Gasteiger partial charge in [0.1, 0.15) is 34.8 Å². The molecule has 0 aromatic heterocycles. The van der Waals surface area contributed by atoms with Crippen LogP contribution in [0.5, 0.6) is 11.5 Å². The maximum atomic E-state index is 5.73. The molecule has 0 amide bonds. The summed E-state index contributed by atoms with van der Waals surface area (Å²) in [6.07, 6.45) is 1.59. The highest BCUT2D eigenvalue weighted by Gasteiger charge is 2.10. The summed E-state index contributed by atoms with van der Waals surface area (Å²) in [5, 5.41) is 7.40. The van der Waals surface area contributed by atoms with Gasteiger partial charge in [-0.05, 0) is 82.3 Å². The van der Waals surface area contributed by atoms with Crippen LogP contribution in [0.15, 0.2) is 64.3 Å². The molecule has 5 nitrogen and oxygen atoms in total. The highest BCUT2D eigenvalue weighted by Crippen LogP contribution is 2.22. The zero-order chi connectivity index (χ0) is 21.3. The van der Waals surface area contributed by atoms with E-state index in [1.165, 1.54) is 0 Å². The SMILES string of the molecule is CC(COc1ccc(Nc2ccc(OCC=C(Cl)Cl)cc2)cc1)=NOC(C)(C)C. The predicted molar refractivity (Wildman–Crippen MR) is 121 cm³/mol. The van der Waals surface area contributed by atoms with Crippen LogP contribution in [-0.4, -0.2) is 24.5 Å². The molecule has 1 N–H and O–H groups in total. The minimum atomic E-state index is -0.312. The Morgan fingerprint density at radius 3 is 1.93 bits per heavy atom. The molecule has 7 heteroatoms. The summed E-state index contributed by atoms with van der Waals surface area (Å²) in [5.74, 6) is 1.49. The molecular weight excluding hydrogens is 411 g/mol. The summed E-state index contributed by atoms with van der Waals surface area (Å²) in [5.41, 5.74) is 2.35. The van der Waals surface area contributed by atoms with Crippen LogP contribution in [0.25, 0.3) is 0 Å². The number of rotatable bonds is 9. The minimum absolute atomic E-state index is 0.191. The van der Waals surface area contributed by atoms with Crippen LogP contribution in [0.3, 0.4) is 0 Å². The number of oxime groups is 1. The van der Waals surface area contributed by atoms with Crippen LogP contribution >= 0.6 is 23.2 Å². The van der Waals surface area contributed by atoms with Gasteiger partial charge in [0.15, 0.2) is 0 Å². The van der Waals surface area contributed by atoms with Gasteiger partial charge in [0.25, 0.3) is 0 Å². The van der Waals surface area contributed by atoms with Gasteiger partial charge in [-0.1, -0.05) is 28.4 Å². The normalized spacial score (nSPS) is 11.6. The number of nitrogens with zero attached hydrogens (tertiary/aromatic N) is 1. The van der Waals surface area contributed by atoms with Crippen molar-refractivity contribution in [2.75, 3.05) is 18.5 Å². The predicted octanol–water partition coefficient (Wildman–Crippen LogP) is 6.70. The third kappa shape index (κ3) is 9.59. The van der Waals surface area contributed by atoms with Crippen molar-refractivity contribution >= 4 is 40.3 Å². The fraction of sp³-hybridized carbons (Fsp3) is 0.318. The number of halogens is 2. The second-order valence-corrected chi connectivity index (χ2v) is 8.31. The Hall–Kier alpha value is -2.37. The highest BCUT2D eigenvalue weighted by atomic mass is 35.5. The Morgan fingerprint density at radius 1 is 0.931 bits per heavy atom. The van der Waals surface area contributed by atoms with E-state index in [0.717, 1.165) is 28.6 Å². The summed E-state index contributed by atoms with van der Waals surface area (Å²) in [4.78, 5) is 5.38. The van der Waals surface area contributed by atoms with Crippen LogP contribution in [0.1, 0.15) is 27.7 Å². The third-order valence-electron chi connectivity index (χ3n) is 3.41. The maximum absolute atomic E-state index is 5.73. The molecule has 0 atom stereocenters. The Morgan fingerprint density at radius 2 is 1.45 bits per heavy atom. The van der Waals surface area contributed by atoms with Crippen molar-refractivity contribution < 1.29 is 14.3 Å². The highest BCUT2D eigenvalue weighted by molar-refractivity contribution is 6.55. The first kappa shape index (κ1) is 22.9. The van der Waals surface area contributed by atoms with Crippen LogP contribution in [0.2, 0.25) is 0 Å². The summed E-state index contributed by atoms with van der Waals surface area (Å²) < 4.78 is 11.4. The molecule has 0 spiro atoms. The molecule has 0 saturated carbocycles. The van der Waals surface area contributed by atoms with Crippen molar-refractivity contribution in [2.45, 2.75) is 33.3 Å². The first-order valence-corrected chi connectivity index (χ1v) is 9.92. The van der Waals surface area contributed by atoms with E-state index in [1.54, 1.807) is 6.08 Å². The molecule has 0 heterocycles. The van der Waals surface area contributed by atoms with Gasteiger partial charge < -0.3 is 19.6 Å². The molecule has 0 unspecified atom stereocenters. The van der Waals surface area contributed by atoms with Gasteiger partial charge in [-0.25, -0.2) is 0 Å². The van der Waals surface area contributed by atoms with E-state index in [4.69, 9.17) is 37.5 Å². The van der Waals surface area contributed by atoms with E-state index < -0.39 is 0 Å². The maximum Gasteiger partial charge on any atom is 0.129 e. The number of benzene rings is 2. The van der Waals surface area contributed by atoms with Gasteiger partial charge >= 0.3 is 0 Å². The number of anilines is 2. The number of hydrogen-bond donors (Lipinski definition) is 1. The van der Waals surface area contributed by atoms with Gasteiger partial charge in [0, 0.05) is 11.4 Å². The zero-order valence-electron chi connectivity index (χ0n) is 17.0. The van der Waals surface area contributed by atoms with Crippen molar-refractivity contribution in [2.24, 2.45) is 5.16 Å². The first-order chi connectivity index (χ1) is 13.7. The van der Waals surface area contributed by atoms with Crippen molar-refractivity contribution in [1.29, 1.82) is 0 Å². The second-order valence-electron chi connectivity index (χ2n) is 7.30. The van der Waals surface area contributed by atoms with E-state index in [-0.39, 0.29) is 10.1 Å². The van der Waals surface area contributed by atoms with Gasteiger partial charge in [0.2, 0.25) is 0 Å². The van der Waals surface area contributed by atoms with Crippen molar-refractivity contribution in [3.8, 4) is 11.5 Å². The van der Waals surface area contributed by atoms with E-state index in [0.29, 0.717) is 13.2 Å². The molecule has 2 aromatic rings. The number of nitrogens with one attached hydrogen (secondary N) is 1. The third-order valence-corrected chi connectivity index (χ3v) is 3.72. The van der Waals surface area contributed by atoms with E-state index in [2.05, 4.69) is 10.5 Å². The van der Waals surface area contributed by atoms with Gasteiger partial charge in [0.05, 0.1) is 5.71 Å². The Kier molecular flexibility index (Phi) is 8.68.